The molecule has 1 atom stereocenters. The summed E-state index contributed by atoms with van der Waals surface area (Å²) in [6.45, 7) is 1.90. The van der Waals surface area contributed by atoms with E-state index in [4.69, 9.17) is 5.73 Å². The molecule has 2 nitrogen and oxygen atoms in total. The highest BCUT2D eigenvalue weighted by Gasteiger charge is 2.16. The number of halogens is 1. The molecule has 20 heavy (non-hydrogen) atoms. The molecule has 3 heteroatoms. The summed E-state index contributed by atoms with van der Waals surface area (Å²) >= 11 is 0. The van der Waals surface area contributed by atoms with Crippen LogP contribution in [0.25, 0.3) is 22.0 Å². The number of fused-ring (bicyclic) bond motifs is 1. The Morgan fingerprint density at radius 3 is 2.60 bits per heavy atom. The molecule has 0 spiro atoms. The summed E-state index contributed by atoms with van der Waals surface area (Å²) in [5.41, 5.74) is 9.06. The number of aromatic nitrogens is 1. The van der Waals surface area contributed by atoms with Gasteiger partial charge in [-0.25, -0.2) is 4.39 Å². The molecule has 3 aromatic rings. The Bertz CT molecular complexity index is 766. The molecule has 1 heterocycles. The van der Waals surface area contributed by atoms with Crippen molar-refractivity contribution in [3.05, 3.63) is 66.1 Å². The minimum Gasteiger partial charge on any atom is -0.324 e. The second-order valence-corrected chi connectivity index (χ2v) is 4.87. The van der Waals surface area contributed by atoms with Gasteiger partial charge in [0.25, 0.3) is 0 Å². The van der Waals surface area contributed by atoms with Crippen LogP contribution in [0.3, 0.4) is 0 Å². The van der Waals surface area contributed by atoms with E-state index in [2.05, 4.69) is 4.98 Å². The second-order valence-electron chi connectivity index (χ2n) is 4.87. The van der Waals surface area contributed by atoms with Crippen LogP contribution < -0.4 is 5.73 Å². The van der Waals surface area contributed by atoms with Crippen molar-refractivity contribution in [2.45, 2.75) is 13.0 Å². The molecular weight excluding hydrogens is 251 g/mol. The minimum atomic E-state index is -0.257. The minimum absolute atomic E-state index is 0.184. The lowest BCUT2D eigenvalue weighted by Gasteiger charge is -2.15. The number of benzene rings is 2. The first-order chi connectivity index (χ1) is 9.68. The third-order valence-electron chi connectivity index (χ3n) is 3.44. The van der Waals surface area contributed by atoms with Gasteiger partial charge in [-0.15, -0.1) is 0 Å². The molecule has 0 radical (unpaired) electrons. The number of pyridine rings is 1. The molecular formula is C17H15FN2. The van der Waals surface area contributed by atoms with E-state index in [1.165, 1.54) is 6.07 Å². The largest absolute Gasteiger partial charge is 0.324 e. The molecule has 0 fully saturated rings. The molecule has 100 valence electrons. The van der Waals surface area contributed by atoms with E-state index >= 15 is 0 Å². The van der Waals surface area contributed by atoms with Crippen LogP contribution in [0.5, 0.6) is 0 Å². The van der Waals surface area contributed by atoms with Crippen molar-refractivity contribution in [1.82, 2.24) is 4.98 Å². The lowest BCUT2D eigenvalue weighted by Crippen LogP contribution is -2.07. The van der Waals surface area contributed by atoms with Crippen molar-refractivity contribution in [3.8, 4) is 11.1 Å². The highest BCUT2D eigenvalue weighted by Crippen LogP contribution is 2.34. The zero-order valence-corrected chi connectivity index (χ0v) is 11.2. The molecule has 0 saturated carbocycles. The van der Waals surface area contributed by atoms with E-state index in [0.29, 0.717) is 5.56 Å². The van der Waals surface area contributed by atoms with E-state index in [-0.39, 0.29) is 11.9 Å². The van der Waals surface area contributed by atoms with Crippen LogP contribution in [0, 0.1) is 5.82 Å². The molecule has 2 N–H and O–H groups in total. The van der Waals surface area contributed by atoms with Gasteiger partial charge >= 0.3 is 0 Å². The van der Waals surface area contributed by atoms with Gasteiger partial charge in [-0.05, 0) is 24.6 Å². The van der Waals surface area contributed by atoms with Crippen LogP contribution >= 0.6 is 0 Å². The Kier molecular flexibility index (Phi) is 3.20. The van der Waals surface area contributed by atoms with E-state index in [1.807, 2.05) is 37.3 Å². The summed E-state index contributed by atoms with van der Waals surface area (Å²) in [4.78, 5) is 4.42. The van der Waals surface area contributed by atoms with Crippen LogP contribution in [0.15, 0.2) is 54.7 Å². The molecule has 1 unspecified atom stereocenters. The number of hydrogen-bond donors (Lipinski definition) is 1. The van der Waals surface area contributed by atoms with Gasteiger partial charge in [-0.3, -0.25) is 4.98 Å². The van der Waals surface area contributed by atoms with E-state index in [9.17, 15) is 4.39 Å². The zero-order chi connectivity index (χ0) is 14.1. The Labute approximate surface area is 117 Å². The summed E-state index contributed by atoms with van der Waals surface area (Å²) < 4.78 is 14.2. The van der Waals surface area contributed by atoms with Crippen LogP contribution in [-0.2, 0) is 0 Å². The summed E-state index contributed by atoms with van der Waals surface area (Å²) in [7, 11) is 0. The molecule has 0 amide bonds. The first-order valence-corrected chi connectivity index (χ1v) is 6.56. The van der Waals surface area contributed by atoms with Crippen LogP contribution in [-0.4, -0.2) is 4.98 Å². The number of rotatable bonds is 2. The molecule has 0 bridgehead atoms. The molecule has 0 saturated heterocycles. The fourth-order valence-electron chi connectivity index (χ4n) is 2.49. The third-order valence-corrected chi connectivity index (χ3v) is 3.44. The first-order valence-electron chi connectivity index (χ1n) is 6.56. The summed E-state index contributed by atoms with van der Waals surface area (Å²) in [6, 6.07) is 14.3. The SMILES string of the molecule is CC(N)c1ccc2cccnc2c1-c1ccccc1F. The van der Waals surface area contributed by atoms with Crippen LogP contribution in [0.2, 0.25) is 0 Å². The van der Waals surface area contributed by atoms with Gasteiger partial charge in [0.05, 0.1) is 5.52 Å². The Hall–Kier alpha value is -2.26. The fourth-order valence-corrected chi connectivity index (χ4v) is 2.49. The predicted molar refractivity (Wildman–Crippen MR) is 79.7 cm³/mol. The number of nitrogens with zero attached hydrogens (tertiary/aromatic N) is 1. The van der Waals surface area contributed by atoms with E-state index in [1.54, 1.807) is 18.3 Å². The Balaban J connectivity index is 2.42. The Morgan fingerprint density at radius 1 is 1.05 bits per heavy atom. The van der Waals surface area contributed by atoms with Crippen LogP contribution in [0.1, 0.15) is 18.5 Å². The normalized spacial score (nSPS) is 12.6. The van der Waals surface area contributed by atoms with Crippen molar-refractivity contribution >= 4 is 10.9 Å². The number of nitrogens with two attached hydrogens (primary N) is 1. The standard InChI is InChI=1S/C17H15FN2/c1-11(19)13-9-8-12-5-4-10-20-17(12)16(13)14-6-2-3-7-15(14)18/h2-11H,19H2,1H3. The topological polar surface area (TPSA) is 38.9 Å². The molecule has 0 aliphatic heterocycles. The van der Waals surface area contributed by atoms with Crippen LogP contribution in [0.4, 0.5) is 4.39 Å². The fraction of sp³-hybridized carbons (Fsp3) is 0.118. The smallest absolute Gasteiger partial charge is 0.131 e. The predicted octanol–water partition coefficient (Wildman–Crippen LogP) is 4.06. The summed E-state index contributed by atoms with van der Waals surface area (Å²) in [5, 5.41) is 0.982. The van der Waals surface area contributed by atoms with Crippen molar-refractivity contribution in [2.24, 2.45) is 5.73 Å². The van der Waals surface area contributed by atoms with Crippen molar-refractivity contribution in [2.75, 3.05) is 0 Å². The maximum atomic E-state index is 14.2. The van der Waals surface area contributed by atoms with Gasteiger partial charge in [0.1, 0.15) is 5.82 Å². The number of hydrogen-bond acceptors (Lipinski definition) is 2. The quantitative estimate of drug-likeness (QED) is 0.759. The third kappa shape index (κ3) is 2.06. The van der Waals surface area contributed by atoms with Gasteiger partial charge in [-0.1, -0.05) is 36.4 Å². The molecule has 3 rings (SSSR count). The Morgan fingerprint density at radius 2 is 1.85 bits per heavy atom. The molecule has 0 aliphatic carbocycles. The lowest BCUT2D eigenvalue weighted by atomic mass is 9.93. The maximum absolute atomic E-state index is 14.2. The molecule has 1 aromatic heterocycles. The highest BCUT2D eigenvalue weighted by molar-refractivity contribution is 5.95. The van der Waals surface area contributed by atoms with Gasteiger partial charge in [0.2, 0.25) is 0 Å². The van der Waals surface area contributed by atoms with Crippen molar-refractivity contribution < 1.29 is 4.39 Å². The van der Waals surface area contributed by atoms with Gasteiger partial charge < -0.3 is 5.73 Å². The molecule has 0 aliphatic rings. The highest BCUT2D eigenvalue weighted by atomic mass is 19.1. The van der Waals surface area contributed by atoms with E-state index in [0.717, 1.165) is 22.0 Å². The summed E-state index contributed by atoms with van der Waals surface area (Å²) in [6.07, 6.45) is 1.72. The van der Waals surface area contributed by atoms with Gasteiger partial charge in [0.15, 0.2) is 0 Å². The molecule has 2 aromatic carbocycles. The summed E-state index contributed by atoms with van der Waals surface area (Å²) in [5.74, 6) is -0.257. The first kappa shape index (κ1) is 12.8. The average Bonchev–Trinajstić information content (AvgIpc) is 2.46. The van der Waals surface area contributed by atoms with Crippen molar-refractivity contribution in [3.63, 3.8) is 0 Å². The van der Waals surface area contributed by atoms with Gasteiger partial charge in [0, 0.05) is 28.8 Å². The lowest BCUT2D eigenvalue weighted by molar-refractivity contribution is 0.631. The van der Waals surface area contributed by atoms with Crippen molar-refractivity contribution in [1.29, 1.82) is 0 Å². The second kappa shape index (κ2) is 5.02. The maximum Gasteiger partial charge on any atom is 0.131 e. The van der Waals surface area contributed by atoms with Gasteiger partial charge in [-0.2, -0.15) is 0 Å². The monoisotopic (exact) mass is 266 g/mol. The average molecular weight is 266 g/mol. The van der Waals surface area contributed by atoms with E-state index < -0.39 is 0 Å². The zero-order valence-electron chi connectivity index (χ0n) is 11.2.